The lowest BCUT2D eigenvalue weighted by molar-refractivity contribution is -0.140. The fourth-order valence-corrected chi connectivity index (χ4v) is 4.10. The molecule has 1 fully saturated rings. The van der Waals surface area contributed by atoms with E-state index >= 15 is 0 Å². The highest BCUT2D eigenvalue weighted by molar-refractivity contribution is 6.46. The maximum Gasteiger partial charge on any atom is 0.295 e. The maximum atomic E-state index is 14.8. The highest BCUT2D eigenvalue weighted by Gasteiger charge is 2.46. The molecule has 1 atom stereocenters. The number of amides is 1. The minimum absolute atomic E-state index is 0.107. The minimum Gasteiger partial charge on any atom is -0.507 e. The van der Waals surface area contributed by atoms with Crippen molar-refractivity contribution in [2.24, 2.45) is 0 Å². The van der Waals surface area contributed by atoms with Crippen molar-refractivity contribution >= 4 is 17.4 Å². The molecular formula is C25H29FN2O4. The molecule has 0 saturated carbocycles. The molecule has 170 valence electrons. The number of likely N-dealkylation sites (tertiary alicyclic amines) is 1. The van der Waals surface area contributed by atoms with Crippen molar-refractivity contribution < 1.29 is 23.8 Å². The zero-order chi connectivity index (χ0) is 23.4. The summed E-state index contributed by atoms with van der Waals surface area (Å²) in [4.78, 5) is 29.5. The lowest BCUT2D eigenvalue weighted by Crippen LogP contribution is -2.38. The summed E-state index contributed by atoms with van der Waals surface area (Å²) >= 11 is 0. The van der Waals surface area contributed by atoms with Gasteiger partial charge >= 0.3 is 0 Å². The van der Waals surface area contributed by atoms with Gasteiger partial charge in [-0.2, -0.15) is 0 Å². The van der Waals surface area contributed by atoms with Gasteiger partial charge in [-0.1, -0.05) is 32.0 Å². The molecule has 6 nitrogen and oxygen atoms in total. The van der Waals surface area contributed by atoms with Crippen LogP contribution >= 0.6 is 0 Å². The summed E-state index contributed by atoms with van der Waals surface area (Å²) in [7, 11) is 1.54. The Labute approximate surface area is 187 Å². The Morgan fingerprint density at radius 3 is 2.44 bits per heavy atom. The van der Waals surface area contributed by atoms with Crippen LogP contribution in [0.1, 0.15) is 36.6 Å². The van der Waals surface area contributed by atoms with Crippen molar-refractivity contribution in [3.8, 4) is 5.75 Å². The Kier molecular flexibility index (Phi) is 7.30. The Hall–Kier alpha value is -3.19. The summed E-state index contributed by atoms with van der Waals surface area (Å²) in [5.41, 5.74) is 1.20. The van der Waals surface area contributed by atoms with Crippen LogP contribution < -0.4 is 4.74 Å². The molecule has 1 unspecified atom stereocenters. The van der Waals surface area contributed by atoms with Crippen LogP contribution in [0, 0.1) is 12.7 Å². The number of hydrogen-bond donors (Lipinski definition) is 1. The van der Waals surface area contributed by atoms with Gasteiger partial charge in [0, 0.05) is 24.2 Å². The van der Waals surface area contributed by atoms with Crippen LogP contribution in [0.15, 0.2) is 48.0 Å². The van der Waals surface area contributed by atoms with Gasteiger partial charge in [0.2, 0.25) is 0 Å². The molecule has 0 bridgehead atoms. The summed E-state index contributed by atoms with van der Waals surface area (Å²) in [6.45, 7) is 8.19. The number of aryl methyl sites for hydroxylation is 1. The number of nitrogens with zero attached hydrogens (tertiary/aromatic N) is 2. The molecule has 1 aliphatic rings. The summed E-state index contributed by atoms with van der Waals surface area (Å²) in [5.74, 6) is -1.79. The van der Waals surface area contributed by atoms with Gasteiger partial charge < -0.3 is 19.6 Å². The van der Waals surface area contributed by atoms with Crippen molar-refractivity contribution in [3.05, 3.63) is 70.5 Å². The van der Waals surface area contributed by atoms with Crippen molar-refractivity contribution in [1.82, 2.24) is 9.80 Å². The van der Waals surface area contributed by atoms with Crippen LogP contribution in [-0.2, 0) is 9.59 Å². The lowest BCUT2D eigenvalue weighted by Gasteiger charge is -2.28. The predicted octanol–water partition coefficient (Wildman–Crippen LogP) is 3.91. The number of rotatable bonds is 8. The number of carbonyl (C=O) groups is 2. The number of benzene rings is 2. The normalized spacial score (nSPS) is 17.9. The largest absolute Gasteiger partial charge is 0.507 e. The molecule has 1 aliphatic heterocycles. The SMILES string of the molecule is CCN(CC)CCN1C(=O)C(=O)/C(=C(/O)c2ccc(OC)c(C)c2)C1c1ccccc1F. The topological polar surface area (TPSA) is 70.1 Å². The van der Waals surface area contributed by atoms with Crippen molar-refractivity contribution in [2.45, 2.75) is 26.8 Å². The molecule has 0 spiro atoms. The summed E-state index contributed by atoms with van der Waals surface area (Å²) in [6.07, 6.45) is 0. The van der Waals surface area contributed by atoms with Crippen LogP contribution in [0.5, 0.6) is 5.75 Å². The lowest BCUT2D eigenvalue weighted by atomic mass is 9.94. The maximum absolute atomic E-state index is 14.8. The van der Waals surface area contributed by atoms with Crippen molar-refractivity contribution in [3.63, 3.8) is 0 Å². The van der Waals surface area contributed by atoms with Crippen molar-refractivity contribution in [2.75, 3.05) is 33.3 Å². The summed E-state index contributed by atoms with van der Waals surface area (Å²) < 4.78 is 20.1. The second kappa shape index (κ2) is 9.96. The average molecular weight is 441 g/mol. The van der Waals surface area contributed by atoms with Gasteiger partial charge in [0.25, 0.3) is 11.7 Å². The molecule has 7 heteroatoms. The standard InChI is InChI=1S/C25H29FN2O4/c1-5-27(6-2)13-14-28-22(18-9-7-8-10-19(18)26)21(24(30)25(28)31)23(29)17-11-12-20(32-4)16(3)15-17/h7-12,15,22,29H,5-6,13-14H2,1-4H3/b23-21+. The fourth-order valence-electron chi connectivity index (χ4n) is 4.10. The monoisotopic (exact) mass is 440 g/mol. The van der Waals surface area contributed by atoms with E-state index in [0.717, 1.165) is 18.7 Å². The molecule has 0 aromatic heterocycles. The highest BCUT2D eigenvalue weighted by atomic mass is 19.1. The molecular weight excluding hydrogens is 411 g/mol. The number of methoxy groups -OCH3 is 1. The molecule has 3 rings (SSSR count). The third kappa shape index (κ3) is 4.39. The number of likely N-dealkylation sites (N-methyl/N-ethyl adjacent to an activating group) is 1. The quantitative estimate of drug-likeness (QED) is 0.383. The number of carbonyl (C=O) groups excluding carboxylic acids is 2. The van der Waals surface area contributed by atoms with Gasteiger partial charge in [-0.05, 0) is 49.8 Å². The van der Waals surface area contributed by atoms with E-state index in [2.05, 4.69) is 4.90 Å². The van der Waals surface area contributed by atoms with Gasteiger partial charge in [0.15, 0.2) is 0 Å². The number of hydrogen-bond acceptors (Lipinski definition) is 5. The second-order valence-corrected chi connectivity index (χ2v) is 7.73. The van der Waals surface area contributed by atoms with E-state index in [-0.39, 0.29) is 23.4 Å². The molecule has 32 heavy (non-hydrogen) atoms. The molecule has 0 aliphatic carbocycles. The average Bonchev–Trinajstić information content (AvgIpc) is 3.04. The third-order valence-electron chi connectivity index (χ3n) is 5.96. The van der Waals surface area contributed by atoms with Crippen LogP contribution in [0.2, 0.25) is 0 Å². The first kappa shape index (κ1) is 23.5. The first-order chi connectivity index (χ1) is 15.3. The third-order valence-corrected chi connectivity index (χ3v) is 5.96. The van der Waals surface area contributed by atoms with Crippen LogP contribution in [-0.4, -0.2) is 59.9 Å². The smallest absolute Gasteiger partial charge is 0.295 e. The zero-order valence-corrected chi connectivity index (χ0v) is 18.9. The number of ketones is 1. The van der Waals surface area contributed by atoms with Gasteiger partial charge in [0.1, 0.15) is 17.3 Å². The van der Waals surface area contributed by atoms with E-state index in [9.17, 15) is 19.1 Å². The van der Waals surface area contributed by atoms with E-state index in [1.54, 1.807) is 43.5 Å². The molecule has 1 saturated heterocycles. The van der Waals surface area contributed by atoms with E-state index < -0.39 is 23.5 Å². The molecule has 2 aromatic carbocycles. The molecule has 1 amide bonds. The number of aliphatic hydroxyl groups is 1. The highest BCUT2D eigenvalue weighted by Crippen LogP contribution is 2.40. The van der Waals surface area contributed by atoms with Gasteiger partial charge in [0.05, 0.1) is 18.7 Å². The van der Waals surface area contributed by atoms with Crippen LogP contribution in [0.3, 0.4) is 0 Å². The van der Waals surface area contributed by atoms with Crippen molar-refractivity contribution in [1.29, 1.82) is 0 Å². The first-order valence-corrected chi connectivity index (χ1v) is 10.7. The van der Waals surface area contributed by atoms with E-state index in [4.69, 9.17) is 4.74 Å². The van der Waals surface area contributed by atoms with E-state index in [1.807, 2.05) is 20.8 Å². The number of halogens is 1. The summed E-state index contributed by atoms with van der Waals surface area (Å²) in [5, 5.41) is 11.1. The predicted molar refractivity (Wildman–Crippen MR) is 121 cm³/mol. The van der Waals surface area contributed by atoms with Crippen LogP contribution in [0.4, 0.5) is 4.39 Å². The van der Waals surface area contributed by atoms with Gasteiger partial charge in [-0.25, -0.2) is 4.39 Å². The van der Waals surface area contributed by atoms with Gasteiger partial charge in [-0.15, -0.1) is 0 Å². The number of Topliss-reactive ketones (excluding diaryl/α,β-unsaturated/α-hetero) is 1. The zero-order valence-electron chi connectivity index (χ0n) is 18.9. The fraction of sp³-hybridized carbons (Fsp3) is 0.360. The second-order valence-electron chi connectivity index (χ2n) is 7.73. The summed E-state index contributed by atoms with van der Waals surface area (Å²) in [6, 6.07) is 10.0. The van der Waals surface area contributed by atoms with E-state index in [1.165, 1.54) is 11.0 Å². The Morgan fingerprint density at radius 1 is 1.16 bits per heavy atom. The Morgan fingerprint density at radius 2 is 1.84 bits per heavy atom. The van der Waals surface area contributed by atoms with E-state index in [0.29, 0.717) is 17.9 Å². The molecule has 2 aromatic rings. The van der Waals surface area contributed by atoms with Crippen LogP contribution in [0.25, 0.3) is 5.76 Å². The number of aliphatic hydroxyl groups excluding tert-OH is 1. The number of ether oxygens (including phenoxy) is 1. The van der Waals surface area contributed by atoms with Gasteiger partial charge in [-0.3, -0.25) is 9.59 Å². The molecule has 0 radical (unpaired) electrons. The molecule has 1 heterocycles. The minimum atomic E-state index is -1.01. The Bertz CT molecular complexity index is 1050. The Balaban J connectivity index is 2.13. The first-order valence-electron chi connectivity index (χ1n) is 10.7. The molecule has 1 N–H and O–H groups in total.